The van der Waals surface area contributed by atoms with E-state index in [1.165, 1.54) is 12.8 Å². The van der Waals surface area contributed by atoms with Crippen molar-refractivity contribution >= 4 is 24.7 Å². The smallest absolute Gasteiger partial charge is 0.312 e. The highest BCUT2D eigenvalue weighted by Gasteiger charge is 2.62. The van der Waals surface area contributed by atoms with Gasteiger partial charge >= 0.3 is 5.97 Å². The van der Waals surface area contributed by atoms with Crippen molar-refractivity contribution in [3.8, 4) is 0 Å². The lowest BCUT2D eigenvalue weighted by molar-refractivity contribution is -0.141. The van der Waals surface area contributed by atoms with E-state index in [0.717, 1.165) is 46.6 Å². The first kappa shape index (κ1) is 17.0. The standard InChI is InChI=1S/C25H25O2P/c26-25(22-15-18-14-21(22)24-17-12-11-16(13-17)23(18)24)27-28(19-7-3-1-4-8-19)20-9-5-2-6-10-20/h1-12,16-18,21-24H,13-15H2. The van der Waals surface area contributed by atoms with Crippen molar-refractivity contribution < 1.29 is 9.32 Å². The van der Waals surface area contributed by atoms with Crippen LogP contribution < -0.4 is 10.6 Å². The average Bonchev–Trinajstić information content (AvgIpc) is 3.52. The largest absolute Gasteiger partial charge is 0.435 e. The number of fused-ring (bicyclic) bond motifs is 9. The number of carbonyl (C=O) groups is 1. The molecule has 2 aromatic rings. The molecule has 0 saturated heterocycles. The van der Waals surface area contributed by atoms with E-state index in [2.05, 4.69) is 36.4 Å². The van der Waals surface area contributed by atoms with Gasteiger partial charge in [-0.3, -0.25) is 4.79 Å². The Bertz CT molecular complexity index is 869. The molecule has 0 radical (unpaired) electrons. The lowest BCUT2D eigenvalue weighted by Gasteiger charge is -2.36. The van der Waals surface area contributed by atoms with Gasteiger partial charge in [0.1, 0.15) is 0 Å². The van der Waals surface area contributed by atoms with Crippen molar-refractivity contribution in [1.29, 1.82) is 0 Å². The number of hydrogen-bond acceptors (Lipinski definition) is 2. The van der Waals surface area contributed by atoms with Crippen molar-refractivity contribution in [2.45, 2.75) is 19.3 Å². The molecule has 28 heavy (non-hydrogen) atoms. The fourth-order valence-corrected chi connectivity index (χ4v) is 8.54. The van der Waals surface area contributed by atoms with Crippen LogP contribution in [0.1, 0.15) is 19.3 Å². The molecule has 7 unspecified atom stereocenters. The van der Waals surface area contributed by atoms with Crippen LogP contribution in [0.3, 0.4) is 0 Å². The van der Waals surface area contributed by atoms with Gasteiger partial charge in [-0.1, -0.05) is 72.8 Å². The first-order valence-corrected chi connectivity index (χ1v) is 11.9. The molecule has 0 aliphatic heterocycles. The number of allylic oxidation sites excluding steroid dienone is 2. The van der Waals surface area contributed by atoms with E-state index in [4.69, 9.17) is 4.52 Å². The van der Waals surface area contributed by atoms with Crippen molar-refractivity contribution in [2.75, 3.05) is 0 Å². The molecule has 0 amide bonds. The Kier molecular flexibility index (Phi) is 3.98. The van der Waals surface area contributed by atoms with Gasteiger partial charge in [-0.2, -0.15) is 0 Å². The van der Waals surface area contributed by atoms with Gasteiger partial charge in [-0.25, -0.2) is 0 Å². The van der Waals surface area contributed by atoms with Crippen LogP contribution in [0.25, 0.3) is 0 Å². The van der Waals surface area contributed by atoms with Crippen molar-refractivity contribution in [3.63, 3.8) is 0 Å². The second-order valence-corrected chi connectivity index (χ2v) is 10.8. The summed E-state index contributed by atoms with van der Waals surface area (Å²) < 4.78 is 6.30. The maximum atomic E-state index is 13.4. The zero-order valence-corrected chi connectivity index (χ0v) is 16.7. The summed E-state index contributed by atoms with van der Waals surface area (Å²) in [6.07, 6.45) is 8.54. The summed E-state index contributed by atoms with van der Waals surface area (Å²) in [6, 6.07) is 20.5. The highest BCUT2D eigenvalue weighted by atomic mass is 31.1. The molecule has 2 aromatic carbocycles. The van der Waals surface area contributed by atoms with Crippen molar-refractivity contribution in [3.05, 3.63) is 72.8 Å². The minimum absolute atomic E-state index is 0.0523. The Morgan fingerprint density at radius 3 is 2.04 bits per heavy atom. The van der Waals surface area contributed by atoms with E-state index in [1.807, 2.05) is 36.4 Å². The fraction of sp³-hybridized carbons (Fsp3) is 0.400. The molecule has 4 bridgehead atoms. The Hall–Kier alpha value is -1.92. The van der Waals surface area contributed by atoms with E-state index in [0.29, 0.717) is 5.92 Å². The van der Waals surface area contributed by atoms with Gasteiger partial charge in [0.2, 0.25) is 0 Å². The zero-order valence-electron chi connectivity index (χ0n) is 15.9. The molecule has 3 heteroatoms. The summed E-state index contributed by atoms with van der Waals surface area (Å²) in [4.78, 5) is 13.4. The zero-order chi connectivity index (χ0) is 18.7. The fourth-order valence-electron chi connectivity index (χ4n) is 6.83. The number of carbonyl (C=O) groups excluding carboxylic acids is 1. The quantitative estimate of drug-likeness (QED) is 0.432. The third-order valence-electron chi connectivity index (χ3n) is 7.74. The van der Waals surface area contributed by atoms with Crippen LogP contribution in [0.2, 0.25) is 0 Å². The molecule has 6 rings (SSSR count). The number of hydrogen-bond donors (Lipinski definition) is 0. The molecule has 3 saturated carbocycles. The van der Waals surface area contributed by atoms with Gasteiger partial charge in [0, 0.05) is 10.6 Å². The summed E-state index contributed by atoms with van der Waals surface area (Å²) in [6.45, 7) is 0. The SMILES string of the molecule is O=C(OP(c1ccccc1)c1ccccc1)C1CC2CC1C1C3C=CC(C3)C21. The number of benzene rings is 2. The molecule has 7 atom stereocenters. The minimum Gasteiger partial charge on any atom is -0.435 e. The highest BCUT2D eigenvalue weighted by molar-refractivity contribution is 7.69. The van der Waals surface area contributed by atoms with Gasteiger partial charge in [0.15, 0.2) is 8.15 Å². The molecular formula is C25H25O2P. The molecule has 0 spiro atoms. The minimum atomic E-state index is -1.10. The molecule has 4 aliphatic rings. The molecule has 3 fully saturated rings. The summed E-state index contributed by atoms with van der Waals surface area (Å²) >= 11 is 0. The van der Waals surface area contributed by atoms with Gasteiger partial charge in [-0.05, 0) is 54.8 Å². The molecule has 4 aliphatic carbocycles. The average molecular weight is 388 g/mol. The molecule has 2 nitrogen and oxygen atoms in total. The second kappa shape index (κ2) is 6.56. The Morgan fingerprint density at radius 2 is 1.39 bits per heavy atom. The first-order valence-electron chi connectivity index (χ1n) is 10.6. The predicted octanol–water partition coefficient (Wildman–Crippen LogP) is 4.67. The third-order valence-corrected chi connectivity index (χ3v) is 9.63. The lowest BCUT2D eigenvalue weighted by atomic mass is 9.69. The number of rotatable bonds is 4. The lowest BCUT2D eigenvalue weighted by Crippen LogP contribution is -2.35. The van der Waals surface area contributed by atoms with Gasteiger partial charge in [-0.15, -0.1) is 0 Å². The van der Waals surface area contributed by atoms with E-state index in [-0.39, 0.29) is 11.9 Å². The Morgan fingerprint density at radius 1 is 0.786 bits per heavy atom. The van der Waals surface area contributed by atoms with Crippen LogP contribution in [0, 0.1) is 41.4 Å². The van der Waals surface area contributed by atoms with Crippen LogP contribution in [-0.2, 0) is 9.32 Å². The molecule has 0 N–H and O–H groups in total. The van der Waals surface area contributed by atoms with Crippen LogP contribution in [0.4, 0.5) is 0 Å². The van der Waals surface area contributed by atoms with E-state index < -0.39 is 8.15 Å². The second-order valence-electron chi connectivity index (χ2n) is 8.98. The normalized spacial score (nSPS) is 36.8. The summed E-state index contributed by atoms with van der Waals surface area (Å²) in [5.74, 6) is 4.57. The van der Waals surface area contributed by atoms with Gasteiger partial charge < -0.3 is 4.52 Å². The third kappa shape index (κ3) is 2.54. The van der Waals surface area contributed by atoms with Crippen molar-refractivity contribution in [1.82, 2.24) is 0 Å². The Balaban J connectivity index is 1.26. The monoisotopic (exact) mass is 388 g/mol. The van der Waals surface area contributed by atoms with Crippen LogP contribution in [0.5, 0.6) is 0 Å². The van der Waals surface area contributed by atoms with Gasteiger partial charge in [0.05, 0.1) is 5.92 Å². The first-order chi connectivity index (χ1) is 13.8. The summed E-state index contributed by atoms with van der Waals surface area (Å²) in [5.41, 5.74) is 0. The topological polar surface area (TPSA) is 26.3 Å². The molecule has 142 valence electrons. The summed E-state index contributed by atoms with van der Waals surface area (Å²) in [5, 5.41) is 2.22. The van der Waals surface area contributed by atoms with Crippen LogP contribution in [0.15, 0.2) is 72.8 Å². The van der Waals surface area contributed by atoms with Gasteiger partial charge in [0.25, 0.3) is 0 Å². The van der Waals surface area contributed by atoms with E-state index >= 15 is 0 Å². The molecule has 0 aromatic heterocycles. The Labute approximate surface area is 167 Å². The van der Waals surface area contributed by atoms with E-state index in [1.54, 1.807) is 0 Å². The molecular weight excluding hydrogens is 363 g/mol. The summed E-state index contributed by atoms with van der Waals surface area (Å²) in [7, 11) is -1.10. The maximum absolute atomic E-state index is 13.4. The maximum Gasteiger partial charge on any atom is 0.312 e. The van der Waals surface area contributed by atoms with E-state index in [9.17, 15) is 4.79 Å². The highest BCUT2D eigenvalue weighted by Crippen LogP contribution is 2.67. The molecule has 0 heterocycles. The van der Waals surface area contributed by atoms with Crippen molar-refractivity contribution in [2.24, 2.45) is 41.4 Å². The predicted molar refractivity (Wildman–Crippen MR) is 113 cm³/mol. The van der Waals surface area contributed by atoms with Crippen LogP contribution >= 0.6 is 8.15 Å². The van der Waals surface area contributed by atoms with Crippen LogP contribution in [-0.4, -0.2) is 5.97 Å².